The van der Waals surface area contributed by atoms with Gasteiger partial charge in [0.25, 0.3) is 11.1 Å². The number of aromatic nitrogens is 2. The van der Waals surface area contributed by atoms with Gasteiger partial charge < -0.3 is 9.15 Å². The van der Waals surface area contributed by atoms with Crippen molar-refractivity contribution in [2.45, 2.75) is 30.9 Å². The molecule has 0 aliphatic rings. The number of ether oxygens (including phenoxy) is 1. The first kappa shape index (κ1) is 17.4. The molecule has 0 radical (unpaired) electrons. The molecule has 0 aliphatic heterocycles. The lowest BCUT2D eigenvalue weighted by Gasteiger charge is -2.08. The summed E-state index contributed by atoms with van der Waals surface area (Å²) in [6.07, 6.45) is 0. The van der Waals surface area contributed by atoms with Crippen LogP contribution < -0.4 is 4.74 Å². The number of thioether (sulfide) groups is 1. The van der Waals surface area contributed by atoms with Crippen molar-refractivity contribution in [3.05, 3.63) is 71.1 Å². The summed E-state index contributed by atoms with van der Waals surface area (Å²) in [5.41, 5.74) is 1.74. The molecule has 0 saturated carbocycles. The highest BCUT2D eigenvalue weighted by Crippen LogP contribution is 2.34. The van der Waals surface area contributed by atoms with E-state index in [0.29, 0.717) is 16.7 Å². The Labute approximate surface area is 148 Å². The van der Waals surface area contributed by atoms with Crippen LogP contribution in [-0.2, 0) is 6.61 Å². The number of hydrogen-bond donors (Lipinski definition) is 0. The highest BCUT2D eigenvalue weighted by atomic mass is 32.2. The quantitative estimate of drug-likeness (QED) is 0.572. The van der Waals surface area contributed by atoms with E-state index in [9.17, 15) is 8.78 Å². The van der Waals surface area contributed by atoms with Gasteiger partial charge in [0.15, 0.2) is 18.2 Å². The number of nitrogens with zero attached hydrogens (tertiary/aromatic N) is 2. The van der Waals surface area contributed by atoms with Gasteiger partial charge in [0, 0.05) is 5.25 Å². The van der Waals surface area contributed by atoms with E-state index < -0.39 is 11.6 Å². The predicted octanol–water partition coefficient (Wildman–Crippen LogP) is 5.09. The molecule has 0 saturated heterocycles. The van der Waals surface area contributed by atoms with Crippen LogP contribution in [0.4, 0.5) is 8.78 Å². The van der Waals surface area contributed by atoms with Crippen molar-refractivity contribution in [1.29, 1.82) is 0 Å². The maximum Gasteiger partial charge on any atom is 0.277 e. The van der Waals surface area contributed by atoms with Crippen LogP contribution in [0.3, 0.4) is 0 Å². The van der Waals surface area contributed by atoms with E-state index in [0.717, 1.165) is 17.4 Å². The molecule has 1 heterocycles. The van der Waals surface area contributed by atoms with Gasteiger partial charge in [-0.05, 0) is 49.2 Å². The van der Waals surface area contributed by atoms with Crippen LogP contribution in [0.5, 0.6) is 5.75 Å². The van der Waals surface area contributed by atoms with Crippen molar-refractivity contribution in [1.82, 2.24) is 10.2 Å². The third kappa shape index (κ3) is 4.57. The average molecular weight is 362 g/mol. The van der Waals surface area contributed by atoms with Gasteiger partial charge in [-0.15, -0.1) is 10.2 Å². The van der Waals surface area contributed by atoms with E-state index in [-0.39, 0.29) is 11.9 Å². The summed E-state index contributed by atoms with van der Waals surface area (Å²) >= 11 is 1.27. The van der Waals surface area contributed by atoms with Gasteiger partial charge in [0.05, 0.1) is 0 Å². The fourth-order valence-corrected chi connectivity index (χ4v) is 3.00. The summed E-state index contributed by atoms with van der Waals surface area (Å²) in [4.78, 5) is 0. The number of hydrogen-bond acceptors (Lipinski definition) is 5. The number of halogens is 2. The maximum absolute atomic E-state index is 13.3. The normalized spacial score (nSPS) is 12.2. The zero-order chi connectivity index (χ0) is 17.8. The first-order valence-corrected chi connectivity index (χ1v) is 8.52. The van der Waals surface area contributed by atoms with Gasteiger partial charge in [0.1, 0.15) is 5.75 Å². The van der Waals surface area contributed by atoms with Crippen LogP contribution in [0, 0.1) is 18.6 Å². The first-order chi connectivity index (χ1) is 12.0. The van der Waals surface area contributed by atoms with E-state index in [1.807, 2.05) is 38.1 Å². The Morgan fingerprint density at radius 1 is 1.12 bits per heavy atom. The number of benzene rings is 2. The fraction of sp³-hybridized carbons (Fsp3) is 0.222. The summed E-state index contributed by atoms with van der Waals surface area (Å²) < 4.78 is 37.5. The molecule has 0 amide bonds. The largest absolute Gasteiger partial charge is 0.484 e. The highest BCUT2D eigenvalue weighted by molar-refractivity contribution is 7.99. The smallest absolute Gasteiger partial charge is 0.277 e. The molecule has 7 heteroatoms. The maximum atomic E-state index is 13.3. The predicted molar refractivity (Wildman–Crippen MR) is 90.4 cm³/mol. The molecule has 1 unspecified atom stereocenters. The van der Waals surface area contributed by atoms with Gasteiger partial charge in [0.2, 0.25) is 0 Å². The zero-order valence-electron chi connectivity index (χ0n) is 13.7. The Morgan fingerprint density at radius 2 is 1.96 bits per heavy atom. The molecule has 1 atom stereocenters. The van der Waals surface area contributed by atoms with Crippen LogP contribution >= 0.6 is 11.8 Å². The van der Waals surface area contributed by atoms with Crippen LogP contribution in [0.1, 0.15) is 29.2 Å². The molecule has 130 valence electrons. The topological polar surface area (TPSA) is 48.2 Å². The molecule has 3 aromatic rings. The van der Waals surface area contributed by atoms with Crippen molar-refractivity contribution >= 4 is 11.8 Å². The minimum Gasteiger partial charge on any atom is -0.484 e. The van der Waals surface area contributed by atoms with E-state index >= 15 is 0 Å². The van der Waals surface area contributed by atoms with E-state index in [1.165, 1.54) is 23.9 Å². The molecular formula is C18H16F2N2O2S. The molecule has 4 nitrogen and oxygen atoms in total. The van der Waals surface area contributed by atoms with Crippen LogP contribution in [0.2, 0.25) is 0 Å². The minimum atomic E-state index is -0.872. The Balaban J connectivity index is 1.60. The van der Waals surface area contributed by atoms with Gasteiger partial charge in [-0.1, -0.05) is 30.0 Å². The minimum absolute atomic E-state index is 0.163. The van der Waals surface area contributed by atoms with Crippen LogP contribution in [0.15, 0.2) is 52.1 Å². The number of rotatable bonds is 6. The Bertz CT molecular complexity index is 870. The van der Waals surface area contributed by atoms with Crippen LogP contribution in [-0.4, -0.2) is 10.2 Å². The average Bonchev–Trinajstić information content (AvgIpc) is 3.03. The van der Waals surface area contributed by atoms with Gasteiger partial charge in [-0.3, -0.25) is 0 Å². The molecule has 0 spiro atoms. The monoisotopic (exact) mass is 362 g/mol. The molecule has 2 aromatic carbocycles. The van der Waals surface area contributed by atoms with E-state index in [4.69, 9.17) is 9.15 Å². The molecule has 25 heavy (non-hydrogen) atoms. The van der Waals surface area contributed by atoms with Crippen molar-refractivity contribution in [3.8, 4) is 5.75 Å². The number of aryl methyl sites for hydroxylation is 1. The molecule has 3 rings (SSSR count). The second kappa shape index (κ2) is 7.65. The van der Waals surface area contributed by atoms with Gasteiger partial charge >= 0.3 is 0 Å². The van der Waals surface area contributed by atoms with E-state index in [1.54, 1.807) is 0 Å². The summed E-state index contributed by atoms with van der Waals surface area (Å²) in [7, 11) is 0. The van der Waals surface area contributed by atoms with Crippen molar-refractivity contribution in [2.75, 3.05) is 0 Å². The highest BCUT2D eigenvalue weighted by Gasteiger charge is 2.15. The summed E-state index contributed by atoms with van der Waals surface area (Å²) in [6, 6.07) is 11.5. The second-order valence-electron chi connectivity index (χ2n) is 5.50. The lowest BCUT2D eigenvalue weighted by atomic mass is 10.1. The van der Waals surface area contributed by atoms with Crippen molar-refractivity contribution in [2.24, 2.45) is 0 Å². The molecule has 1 aromatic heterocycles. The fourth-order valence-electron chi connectivity index (χ4n) is 2.18. The SMILES string of the molecule is Cc1cccc(OCc2nnc(SC(C)c3ccc(F)c(F)c3)o2)c1. The summed E-state index contributed by atoms with van der Waals surface area (Å²) in [6.45, 7) is 4.00. The third-order valence-corrected chi connectivity index (χ3v) is 4.48. The summed E-state index contributed by atoms with van der Waals surface area (Å²) in [5.74, 6) is -0.666. The standard InChI is InChI=1S/C18H16F2N2O2S/c1-11-4-3-5-14(8-11)23-10-17-21-22-18(24-17)25-12(2)13-6-7-15(19)16(20)9-13/h3-9,12H,10H2,1-2H3. The second-order valence-corrected chi connectivity index (χ2v) is 6.79. The van der Waals surface area contributed by atoms with Crippen molar-refractivity contribution in [3.63, 3.8) is 0 Å². The molecule has 0 N–H and O–H groups in total. The Kier molecular flexibility index (Phi) is 5.33. The lowest BCUT2D eigenvalue weighted by Crippen LogP contribution is -1.95. The molecule has 0 fully saturated rings. The molecule has 0 aliphatic carbocycles. The third-order valence-electron chi connectivity index (χ3n) is 3.49. The van der Waals surface area contributed by atoms with Gasteiger partial charge in [-0.25, -0.2) is 8.78 Å². The van der Waals surface area contributed by atoms with Crippen molar-refractivity contribution < 1.29 is 17.9 Å². The Morgan fingerprint density at radius 3 is 2.72 bits per heavy atom. The molecular weight excluding hydrogens is 346 g/mol. The molecule has 0 bridgehead atoms. The zero-order valence-corrected chi connectivity index (χ0v) is 14.5. The first-order valence-electron chi connectivity index (χ1n) is 7.65. The van der Waals surface area contributed by atoms with E-state index in [2.05, 4.69) is 10.2 Å². The van der Waals surface area contributed by atoms with Crippen LogP contribution in [0.25, 0.3) is 0 Å². The van der Waals surface area contributed by atoms with Gasteiger partial charge in [-0.2, -0.15) is 0 Å². The lowest BCUT2D eigenvalue weighted by molar-refractivity contribution is 0.252. The summed E-state index contributed by atoms with van der Waals surface area (Å²) in [5, 5.41) is 8.07. The Hall–Kier alpha value is -2.41.